The number of hydrogen-bond acceptors (Lipinski definition) is 6. The highest BCUT2D eigenvalue weighted by Gasteiger charge is 2.48. The van der Waals surface area contributed by atoms with Gasteiger partial charge in [0, 0.05) is 71.1 Å². The van der Waals surface area contributed by atoms with Crippen LogP contribution >= 0.6 is 0 Å². The van der Waals surface area contributed by atoms with Crippen molar-refractivity contribution in [2.75, 3.05) is 0 Å². The molecule has 0 unspecified atom stereocenters. The molecule has 66 heavy (non-hydrogen) atoms. The third kappa shape index (κ3) is 7.73. The second-order valence-electron chi connectivity index (χ2n) is 19.2. The molecule has 8 aromatic rings. The van der Waals surface area contributed by atoms with Crippen molar-refractivity contribution >= 4 is 33.4 Å². The van der Waals surface area contributed by atoms with Gasteiger partial charge in [0.2, 0.25) is 0 Å². The van der Waals surface area contributed by atoms with Crippen molar-refractivity contribution in [2.45, 2.75) is 101 Å². The van der Waals surface area contributed by atoms with Crippen LogP contribution in [0.25, 0.3) is 33.2 Å². The van der Waals surface area contributed by atoms with E-state index in [2.05, 4.69) is 68.7 Å². The molecule has 0 bridgehead atoms. The van der Waals surface area contributed by atoms with E-state index in [0.29, 0.717) is 49.1 Å². The van der Waals surface area contributed by atoms with Gasteiger partial charge >= 0.3 is 0 Å². The Balaban J connectivity index is 0.000000146. The monoisotopic (exact) mass is 878 g/mol. The molecule has 0 aliphatic heterocycles. The highest BCUT2D eigenvalue weighted by atomic mass is 19.1. The first-order chi connectivity index (χ1) is 32.2. The maximum Gasteiger partial charge on any atom is 0.133 e. The summed E-state index contributed by atoms with van der Waals surface area (Å²) < 4.78 is 30.7. The van der Waals surface area contributed by atoms with Gasteiger partial charge in [0.15, 0.2) is 0 Å². The molecule has 2 fully saturated rings. The van der Waals surface area contributed by atoms with Crippen LogP contribution in [0.15, 0.2) is 134 Å². The number of nitrogens with zero attached hydrogens (tertiary/aromatic N) is 6. The van der Waals surface area contributed by atoms with Crippen LogP contribution in [0.1, 0.15) is 97.8 Å². The molecule has 4 aliphatic carbocycles. The van der Waals surface area contributed by atoms with E-state index in [1.54, 1.807) is 24.3 Å². The lowest BCUT2D eigenvalue weighted by atomic mass is 9.59. The zero-order valence-corrected chi connectivity index (χ0v) is 37.0. The first-order valence-electron chi connectivity index (χ1n) is 23.6. The number of Topliss-reactive ketones (excluding diaryl/α,β-unsaturated/α-hetero) is 2. The van der Waals surface area contributed by atoms with Crippen molar-refractivity contribution in [3.63, 3.8) is 0 Å². The number of fused-ring (bicyclic) bond motifs is 8. The molecule has 4 atom stereocenters. The van der Waals surface area contributed by atoms with E-state index < -0.39 is 0 Å². The standard InChI is InChI=1S/2C28H26FN3O/c2*29-22-7-9-24(10-8-22)32-27-15-19-4-3-5-21-16-25(33)11-12-28(21,17-23-6-1-2-13-30-23)26(19)14-20(27)18-31-32/h2*1-2,6-10,13-15,18,21H,3-5,11-12,16-17H2/t2*21-,28-/m10/s1. The Bertz CT molecular complexity index is 2870. The number of ketones is 2. The third-order valence-corrected chi connectivity index (χ3v) is 15.5. The molecular weight excluding hydrogens is 827 g/mol. The summed E-state index contributed by atoms with van der Waals surface area (Å²) in [4.78, 5) is 34.3. The van der Waals surface area contributed by atoms with Crippen LogP contribution in [-0.2, 0) is 46.1 Å². The van der Waals surface area contributed by atoms with Gasteiger partial charge in [-0.05, 0) is 195 Å². The predicted octanol–water partition coefficient (Wildman–Crippen LogP) is 11.5. The van der Waals surface area contributed by atoms with Gasteiger partial charge in [0.1, 0.15) is 23.2 Å². The van der Waals surface area contributed by atoms with E-state index in [0.717, 1.165) is 109 Å². The maximum absolute atomic E-state index is 13.5. The van der Waals surface area contributed by atoms with Gasteiger partial charge in [0.05, 0.1) is 34.8 Å². The highest BCUT2D eigenvalue weighted by Crippen LogP contribution is 2.52. The molecule has 4 aliphatic rings. The van der Waals surface area contributed by atoms with Crippen LogP contribution < -0.4 is 0 Å². The Morgan fingerprint density at radius 3 is 1.39 bits per heavy atom. The molecule has 332 valence electrons. The van der Waals surface area contributed by atoms with Crippen molar-refractivity contribution in [1.82, 2.24) is 29.5 Å². The zero-order valence-electron chi connectivity index (χ0n) is 37.0. The van der Waals surface area contributed by atoms with Crippen LogP contribution in [0.3, 0.4) is 0 Å². The van der Waals surface area contributed by atoms with Crippen LogP contribution in [-0.4, -0.2) is 41.1 Å². The molecule has 8 nitrogen and oxygen atoms in total. The second-order valence-corrected chi connectivity index (χ2v) is 19.2. The number of carbonyl (C=O) groups excluding carboxylic acids is 2. The van der Waals surface area contributed by atoms with E-state index in [4.69, 9.17) is 0 Å². The minimum Gasteiger partial charge on any atom is -0.300 e. The third-order valence-electron chi connectivity index (χ3n) is 15.5. The number of hydrogen-bond donors (Lipinski definition) is 0. The number of rotatable bonds is 6. The van der Waals surface area contributed by atoms with E-state index in [9.17, 15) is 18.4 Å². The summed E-state index contributed by atoms with van der Waals surface area (Å²) in [5.41, 5.74) is 11.2. The van der Waals surface area contributed by atoms with Crippen LogP contribution in [0.5, 0.6) is 0 Å². The Morgan fingerprint density at radius 1 is 0.545 bits per heavy atom. The Morgan fingerprint density at radius 2 is 0.985 bits per heavy atom. The van der Waals surface area contributed by atoms with E-state index >= 15 is 0 Å². The number of aromatic nitrogens is 6. The lowest BCUT2D eigenvalue weighted by Crippen LogP contribution is -2.42. The Hall–Kier alpha value is -6.68. The fraction of sp³-hybridized carbons (Fsp3) is 0.321. The molecule has 2 saturated carbocycles. The second kappa shape index (κ2) is 17.3. The zero-order chi connectivity index (χ0) is 44.8. The van der Waals surface area contributed by atoms with Gasteiger partial charge < -0.3 is 0 Å². The summed E-state index contributed by atoms with van der Waals surface area (Å²) in [6.07, 6.45) is 19.9. The largest absolute Gasteiger partial charge is 0.300 e. The maximum atomic E-state index is 13.5. The molecule has 4 aromatic carbocycles. The van der Waals surface area contributed by atoms with Gasteiger partial charge in [-0.1, -0.05) is 12.1 Å². The summed E-state index contributed by atoms with van der Waals surface area (Å²) in [6.45, 7) is 0. The average molecular weight is 879 g/mol. The predicted molar refractivity (Wildman–Crippen MR) is 252 cm³/mol. The van der Waals surface area contributed by atoms with Gasteiger partial charge in [-0.15, -0.1) is 0 Å². The molecule has 0 spiro atoms. The summed E-state index contributed by atoms with van der Waals surface area (Å²) >= 11 is 0. The molecule has 10 heteroatoms. The van der Waals surface area contributed by atoms with E-state index in [1.807, 2.05) is 46.3 Å². The van der Waals surface area contributed by atoms with Crippen molar-refractivity contribution < 1.29 is 18.4 Å². The van der Waals surface area contributed by atoms with Gasteiger partial charge in [-0.25, -0.2) is 18.1 Å². The van der Waals surface area contributed by atoms with Crippen molar-refractivity contribution in [2.24, 2.45) is 11.8 Å². The molecule has 0 radical (unpaired) electrons. The fourth-order valence-corrected chi connectivity index (χ4v) is 12.3. The average Bonchev–Trinajstić information content (AvgIpc) is 3.87. The fourth-order valence-electron chi connectivity index (χ4n) is 12.3. The topological polar surface area (TPSA) is 95.6 Å². The van der Waals surface area contributed by atoms with Crippen molar-refractivity contribution in [3.8, 4) is 11.4 Å². The minimum absolute atomic E-state index is 0.0831. The number of halogens is 2. The van der Waals surface area contributed by atoms with E-state index in [1.165, 1.54) is 46.5 Å². The van der Waals surface area contributed by atoms with E-state index in [-0.39, 0.29) is 22.5 Å². The van der Waals surface area contributed by atoms with Crippen LogP contribution in [0.2, 0.25) is 0 Å². The lowest BCUT2D eigenvalue weighted by molar-refractivity contribution is -0.124. The molecule has 0 N–H and O–H groups in total. The quantitative estimate of drug-likeness (QED) is 0.165. The smallest absolute Gasteiger partial charge is 0.133 e. The summed E-state index contributed by atoms with van der Waals surface area (Å²) in [6, 6.07) is 34.3. The number of pyridine rings is 2. The molecular formula is C56H52F2N6O2. The van der Waals surface area contributed by atoms with Crippen molar-refractivity contribution in [1.29, 1.82) is 0 Å². The summed E-state index contributed by atoms with van der Waals surface area (Å²) in [5, 5.41) is 11.4. The SMILES string of the molecule is O=C1CC[C@@]2(Cc3ccccn3)c3cc4cnn(-c5ccc(F)cc5)c4cc3CCC[C@H]2C1.O=C1CC[C@]2(Cc3ccccn3)c3cc4cnn(-c5ccc(F)cc5)c4cc3CCC[C@@H]2C1. The molecule has 0 saturated heterocycles. The molecule has 4 aromatic heterocycles. The molecule has 4 heterocycles. The Kier molecular flexibility index (Phi) is 11.0. The Labute approximate surface area is 383 Å². The minimum atomic E-state index is -0.251. The first kappa shape index (κ1) is 42.0. The number of aryl methyl sites for hydroxylation is 2. The van der Waals surface area contributed by atoms with Crippen LogP contribution in [0.4, 0.5) is 8.78 Å². The number of carbonyl (C=O) groups is 2. The molecule has 0 amide bonds. The van der Waals surface area contributed by atoms with Gasteiger partial charge in [0.25, 0.3) is 0 Å². The van der Waals surface area contributed by atoms with Gasteiger partial charge in [-0.3, -0.25) is 19.6 Å². The summed E-state index contributed by atoms with van der Waals surface area (Å²) in [5.74, 6) is 0.964. The highest BCUT2D eigenvalue weighted by molar-refractivity contribution is 5.85. The lowest BCUT2D eigenvalue weighted by Gasteiger charge is -2.44. The van der Waals surface area contributed by atoms with Gasteiger partial charge in [-0.2, -0.15) is 10.2 Å². The summed E-state index contributed by atoms with van der Waals surface area (Å²) in [7, 11) is 0. The number of benzene rings is 4. The van der Waals surface area contributed by atoms with Crippen LogP contribution in [0, 0.1) is 23.5 Å². The normalized spacial score (nSPS) is 22.6. The molecule has 12 rings (SSSR count). The first-order valence-corrected chi connectivity index (χ1v) is 23.6. The van der Waals surface area contributed by atoms with Crippen molar-refractivity contribution in [3.05, 3.63) is 179 Å².